The van der Waals surface area contributed by atoms with Crippen LogP contribution in [0.5, 0.6) is 0 Å². The molecule has 0 amide bonds. The Morgan fingerprint density at radius 2 is 2.50 bits per heavy atom. The summed E-state index contributed by atoms with van der Waals surface area (Å²) in [4.78, 5) is 0. The fourth-order valence-corrected chi connectivity index (χ4v) is 1.48. The van der Waals surface area contributed by atoms with E-state index in [9.17, 15) is 0 Å². The Kier molecular flexibility index (Phi) is 3.16. The molecule has 1 saturated heterocycles. The summed E-state index contributed by atoms with van der Waals surface area (Å²) in [7, 11) is 0. The van der Waals surface area contributed by atoms with Crippen molar-refractivity contribution >= 4 is 0 Å². The van der Waals surface area contributed by atoms with Crippen LogP contribution in [-0.2, 0) is 4.74 Å². The van der Waals surface area contributed by atoms with E-state index in [0.29, 0.717) is 6.10 Å². The molecule has 1 rings (SSSR count). The number of hydrogen-bond acceptors (Lipinski definition) is 2. The summed E-state index contributed by atoms with van der Waals surface area (Å²) in [6.07, 6.45) is 1.72. The average Bonchev–Trinajstić information content (AvgIpc) is 2.38. The highest BCUT2D eigenvalue weighted by molar-refractivity contribution is 4.75. The van der Waals surface area contributed by atoms with Gasteiger partial charge in [-0.25, -0.2) is 0 Å². The summed E-state index contributed by atoms with van der Waals surface area (Å²) in [5.41, 5.74) is 0. The number of nitrogens with one attached hydrogen (secondary N) is 1. The first-order chi connectivity index (χ1) is 4.84. The van der Waals surface area contributed by atoms with Crippen molar-refractivity contribution < 1.29 is 4.74 Å². The molecule has 2 heteroatoms. The van der Waals surface area contributed by atoms with Crippen LogP contribution in [0.2, 0.25) is 0 Å². The molecule has 0 bridgehead atoms. The van der Waals surface area contributed by atoms with E-state index < -0.39 is 0 Å². The maximum absolute atomic E-state index is 5.49. The van der Waals surface area contributed by atoms with Crippen LogP contribution in [0, 0.1) is 5.92 Å². The van der Waals surface area contributed by atoms with E-state index in [2.05, 4.69) is 19.2 Å². The van der Waals surface area contributed by atoms with Crippen LogP contribution in [0.1, 0.15) is 20.3 Å². The highest BCUT2D eigenvalue weighted by Crippen LogP contribution is 2.14. The second kappa shape index (κ2) is 3.94. The van der Waals surface area contributed by atoms with Gasteiger partial charge in [0.2, 0.25) is 0 Å². The van der Waals surface area contributed by atoms with Crippen LogP contribution in [0.3, 0.4) is 0 Å². The van der Waals surface area contributed by atoms with Crippen LogP contribution < -0.4 is 5.32 Å². The van der Waals surface area contributed by atoms with Crippen molar-refractivity contribution in [2.45, 2.75) is 26.4 Å². The lowest BCUT2D eigenvalue weighted by Crippen LogP contribution is -2.22. The molecular formula is C8H17NO. The smallest absolute Gasteiger partial charge is 0.0587 e. The van der Waals surface area contributed by atoms with Crippen LogP contribution in [0.25, 0.3) is 0 Å². The standard InChI is InChI=1S/C8H17NO/c1-3-10-7(2)8-4-5-9-6-8/h7-9H,3-6H2,1-2H3. The molecule has 0 spiro atoms. The Balaban J connectivity index is 2.18. The zero-order valence-corrected chi connectivity index (χ0v) is 6.89. The van der Waals surface area contributed by atoms with Crippen molar-refractivity contribution in [3.05, 3.63) is 0 Å². The van der Waals surface area contributed by atoms with Gasteiger partial charge in [-0.1, -0.05) is 0 Å². The minimum Gasteiger partial charge on any atom is -0.378 e. The van der Waals surface area contributed by atoms with Crippen molar-refractivity contribution in [1.29, 1.82) is 0 Å². The van der Waals surface area contributed by atoms with Crippen molar-refractivity contribution in [3.8, 4) is 0 Å². The van der Waals surface area contributed by atoms with Crippen LogP contribution in [0.4, 0.5) is 0 Å². The summed E-state index contributed by atoms with van der Waals surface area (Å²) in [5, 5.41) is 3.33. The predicted molar refractivity (Wildman–Crippen MR) is 42.1 cm³/mol. The molecule has 60 valence electrons. The summed E-state index contributed by atoms with van der Waals surface area (Å²) in [5.74, 6) is 0.750. The van der Waals surface area contributed by atoms with Crippen molar-refractivity contribution in [3.63, 3.8) is 0 Å². The van der Waals surface area contributed by atoms with E-state index in [-0.39, 0.29) is 0 Å². The molecule has 1 N–H and O–H groups in total. The molecular weight excluding hydrogens is 126 g/mol. The van der Waals surface area contributed by atoms with Crippen LogP contribution >= 0.6 is 0 Å². The van der Waals surface area contributed by atoms with Gasteiger partial charge in [0.1, 0.15) is 0 Å². The highest BCUT2D eigenvalue weighted by Gasteiger charge is 2.20. The lowest BCUT2D eigenvalue weighted by molar-refractivity contribution is 0.0392. The Hall–Kier alpha value is -0.0800. The van der Waals surface area contributed by atoms with Gasteiger partial charge in [0, 0.05) is 13.2 Å². The third kappa shape index (κ3) is 1.96. The van der Waals surface area contributed by atoms with Crippen LogP contribution in [-0.4, -0.2) is 25.8 Å². The molecule has 1 fully saturated rings. The molecule has 0 aliphatic carbocycles. The Labute approximate surface area is 63.0 Å². The second-order valence-corrected chi connectivity index (χ2v) is 2.91. The van der Waals surface area contributed by atoms with Gasteiger partial charge in [0.15, 0.2) is 0 Å². The number of rotatable bonds is 3. The van der Waals surface area contributed by atoms with Gasteiger partial charge in [-0.2, -0.15) is 0 Å². The molecule has 10 heavy (non-hydrogen) atoms. The molecule has 0 aromatic heterocycles. The first-order valence-corrected chi connectivity index (χ1v) is 4.17. The third-order valence-corrected chi connectivity index (χ3v) is 2.19. The first-order valence-electron chi connectivity index (χ1n) is 4.17. The summed E-state index contributed by atoms with van der Waals surface area (Å²) >= 11 is 0. The highest BCUT2D eigenvalue weighted by atomic mass is 16.5. The largest absolute Gasteiger partial charge is 0.378 e. The van der Waals surface area contributed by atoms with Gasteiger partial charge in [0.05, 0.1) is 6.10 Å². The van der Waals surface area contributed by atoms with E-state index in [1.165, 1.54) is 13.0 Å². The van der Waals surface area contributed by atoms with E-state index in [4.69, 9.17) is 4.74 Å². The van der Waals surface area contributed by atoms with Gasteiger partial charge in [-0.3, -0.25) is 0 Å². The summed E-state index contributed by atoms with van der Waals surface area (Å²) < 4.78 is 5.49. The molecule has 1 aliphatic heterocycles. The summed E-state index contributed by atoms with van der Waals surface area (Å²) in [6.45, 7) is 7.38. The van der Waals surface area contributed by atoms with E-state index in [0.717, 1.165) is 19.1 Å². The maximum Gasteiger partial charge on any atom is 0.0587 e. The van der Waals surface area contributed by atoms with E-state index >= 15 is 0 Å². The normalized spacial score (nSPS) is 28.8. The monoisotopic (exact) mass is 143 g/mol. The van der Waals surface area contributed by atoms with Gasteiger partial charge in [0.25, 0.3) is 0 Å². The molecule has 0 saturated carbocycles. The molecule has 2 unspecified atom stereocenters. The summed E-state index contributed by atoms with van der Waals surface area (Å²) in [6, 6.07) is 0. The Bertz CT molecular complexity index is 89.3. The van der Waals surface area contributed by atoms with Gasteiger partial charge in [-0.15, -0.1) is 0 Å². The molecule has 0 aromatic carbocycles. The topological polar surface area (TPSA) is 21.3 Å². The lowest BCUT2D eigenvalue weighted by Gasteiger charge is -2.17. The van der Waals surface area contributed by atoms with E-state index in [1.54, 1.807) is 0 Å². The first kappa shape index (κ1) is 8.02. The molecule has 1 aliphatic rings. The fourth-order valence-electron chi connectivity index (χ4n) is 1.48. The quantitative estimate of drug-likeness (QED) is 0.637. The average molecular weight is 143 g/mol. The van der Waals surface area contributed by atoms with Crippen LogP contribution in [0.15, 0.2) is 0 Å². The fraction of sp³-hybridized carbons (Fsp3) is 1.00. The third-order valence-electron chi connectivity index (χ3n) is 2.19. The van der Waals surface area contributed by atoms with Crippen molar-refractivity contribution in [1.82, 2.24) is 5.32 Å². The number of ether oxygens (including phenoxy) is 1. The zero-order chi connectivity index (χ0) is 7.40. The van der Waals surface area contributed by atoms with Crippen molar-refractivity contribution in [2.75, 3.05) is 19.7 Å². The van der Waals surface area contributed by atoms with E-state index in [1.807, 2.05) is 0 Å². The molecule has 0 radical (unpaired) electrons. The SMILES string of the molecule is CCOC(C)C1CCNC1. The zero-order valence-electron chi connectivity index (χ0n) is 6.89. The van der Waals surface area contributed by atoms with Gasteiger partial charge >= 0.3 is 0 Å². The molecule has 0 aromatic rings. The molecule has 1 heterocycles. The lowest BCUT2D eigenvalue weighted by atomic mass is 10.0. The molecule has 2 atom stereocenters. The Morgan fingerprint density at radius 3 is 3.00 bits per heavy atom. The molecule has 2 nitrogen and oxygen atoms in total. The minimum absolute atomic E-state index is 0.444. The Morgan fingerprint density at radius 1 is 1.70 bits per heavy atom. The maximum atomic E-state index is 5.49. The minimum atomic E-state index is 0.444. The van der Waals surface area contributed by atoms with Gasteiger partial charge < -0.3 is 10.1 Å². The predicted octanol–water partition coefficient (Wildman–Crippen LogP) is 1.02. The number of hydrogen-bond donors (Lipinski definition) is 1. The van der Waals surface area contributed by atoms with Crippen molar-refractivity contribution in [2.24, 2.45) is 5.92 Å². The van der Waals surface area contributed by atoms with Gasteiger partial charge in [-0.05, 0) is 32.7 Å². The second-order valence-electron chi connectivity index (χ2n) is 2.91.